The maximum Gasteiger partial charge on any atom is 0.135 e. The molecule has 0 fully saturated rings. The second kappa shape index (κ2) is 18.0. The summed E-state index contributed by atoms with van der Waals surface area (Å²) in [6, 6.07) is 54.5. The van der Waals surface area contributed by atoms with Crippen molar-refractivity contribution in [2.24, 2.45) is 0 Å². The summed E-state index contributed by atoms with van der Waals surface area (Å²) >= 11 is 0. The molecule has 0 saturated heterocycles. The SMILES string of the molecule is [2H]c1c([2H])c([2H])c(-c2cccc(-c3cc(C(C)(C)C)cc(C(C)(C)C)c3)c2N2[CH-]N(c3[c-]c(Oc4[c-]c5c(cc4)c4cc(-c6ccccc6)ccc4n5-c4cc(C([2H])([2H])[2H])ccn4)ccc3)c3ccccc32)c([2H])c1[2H].[Pt]. The van der Waals surface area contributed by atoms with Crippen LogP contribution in [-0.4, -0.2) is 9.55 Å². The maximum atomic E-state index is 9.22. The summed E-state index contributed by atoms with van der Waals surface area (Å²) in [6.07, 6.45) is 1.52. The molecule has 6 heteroatoms. The minimum absolute atomic E-state index is 0. The van der Waals surface area contributed by atoms with Crippen LogP contribution < -0.4 is 14.5 Å². The first kappa shape index (κ1) is 36.8. The predicted octanol–water partition coefficient (Wildman–Crippen LogP) is 16.9. The van der Waals surface area contributed by atoms with Crippen LogP contribution in [-0.2, 0) is 31.9 Å². The van der Waals surface area contributed by atoms with Crippen LogP contribution in [0.1, 0.15) is 69.2 Å². The third-order valence-electron chi connectivity index (χ3n) is 12.6. The average molecular weight is 1090 g/mol. The van der Waals surface area contributed by atoms with Gasteiger partial charge in [0.05, 0.1) is 6.85 Å². The second-order valence-corrected chi connectivity index (χ2v) is 19.3. The Morgan fingerprint density at radius 2 is 1.26 bits per heavy atom. The summed E-state index contributed by atoms with van der Waals surface area (Å²) in [7, 11) is 0. The van der Waals surface area contributed by atoms with Crippen molar-refractivity contribution in [3.63, 3.8) is 0 Å². The molecule has 1 aliphatic heterocycles. The summed E-state index contributed by atoms with van der Waals surface area (Å²) in [6.45, 7) is 12.8. The number of rotatable bonds is 8. The molecule has 5 nitrogen and oxygen atoms in total. The molecule has 69 heavy (non-hydrogen) atoms. The minimum atomic E-state index is -2.34. The number of benzene rings is 8. The van der Waals surface area contributed by atoms with E-state index in [0.29, 0.717) is 39.8 Å². The van der Waals surface area contributed by atoms with Crippen molar-refractivity contribution >= 4 is 44.6 Å². The Bertz CT molecular complexity index is 3870. The van der Waals surface area contributed by atoms with Crippen molar-refractivity contribution in [2.75, 3.05) is 9.80 Å². The van der Waals surface area contributed by atoms with Crippen LogP contribution in [0.2, 0.25) is 0 Å². The van der Waals surface area contributed by atoms with Crippen molar-refractivity contribution in [1.29, 1.82) is 0 Å². The number of hydrogen-bond acceptors (Lipinski definition) is 4. The molecule has 0 aliphatic carbocycles. The van der Waals surface area contributed by atoms with E-state index in [2.05, 4.69) is 101 Å². The Morgan fingerprint density at radius 1 is 0.580 bits per heavy atom. The number of para-hydroxylation sites is 3. The van der Waals surface area contributed by atoms with Gasteiger partial charge in [0, 0.05) is 76.6 Å². The van der Waals surface area contributed by atoms with Gasteiger partial charge in [0.2, 0.25) is 0 Å². The summed E-state index contributed by atoms with van der Waals surface area (Å²) in [5, 5.41) is 1.82. The third-order valence-corrected chi connectivity index (χ3v) is 12.6. The van der Waals surface area contributed by atoms with Gasteiger partial charge in [0.15, 0.2) is 0 Å². The number of aromatic nitrogens is 2. The number of aryl methyl sites for hydroxylation is 1. The number of ether oxygens (including phenoxy) is 1. The predicted molar refractivity (Wildman–Crippen MR) is 283 cm³/mol. The summed E-state index contributed by atoms with van der Waals surface area (Å²) in [5.41, 5.74) is 10.8. The fraction of sp³-hybridized carbons (Fsp3) is 0.143. The van der Waals surface area contributed by atoms with Gasteiger partial charge in [-0.2, -0.15) is 12.1 Å². The smallest absolute Gasteiger partial charge is 0.135 e. The van der Waals surface area contributed by atoms with Crippen LogP contribution in [0.15, 0.2) is 188 Å². The largest absolute Gasteiger partial charge is 0.509 e. The molecule has 0 bridgehead atoms. The zero-order valence-electron chi connectivity index (χ0n) is 47.1. The van der Waals surface area contributed by atoms with E-state index < -0.39 is 25.0 Å². The Hall–Kier alpha value is -7.20. The molecule has 10 aromatic rings. The first-order valence-corrected chi connectivity index (χ1v) is 22.8. The summed E-state index contributed by atoms with van der Waals surface area (Å²) in [4.78, 5) is 8.73. The Morgan fingerprint density at radius 3 is 1.99 bits per heavy atom. The number of hydrogen-bond donors (Lipinski definition) is 0. The quantitative estimate of drug-likeness (QED) is 0.142. The standard InChI is InChI=1S/C63H53N4O.Pt/c1-42-32-33-64-60(34-42)67-56-31-28-45(43-18-10-8-11-19-43)37-55(56)54-30-29-51(40-59(54)67)68-50-23-16-22-49(39-50)65-41-66(58-27-15-14-26-57(58)65)61-52(44-20-12-9-13-21-44)24-17-25-53(61)46-35-47(62(2,3)4)38-48(36-46)63(5,6)7;/h8-38,41H,1-7H3;/q-3;/i1D3,9D,12D,13D,20D,21D;. The number of nitrogens with zero attached hydrogens (tertiary/aromatic N) is 4. The molecular formula is C63H53N4OPt-3. The van der Waals surface area contributed by atoms with Crippen LogP contribution in [0.4, 0.5) is 22.7 Å². The molecule has 8 aromatic carbocycles. The summed E-state index contributed by atoms with van der Waals surface area (Å²) < 4.78 is 77.5. The van der Waals surface area contributed by atoms with Crippen LogP contribution in [0.25, 0.3) is 61.0 Å². The van der Waals surface area contributed by atoms with Gasteiger partial charge in [-0.25, -0.2) is 4.98 Å². The molecule has 1 aliphatic rings. The van der Waals surface area contributed by atoms with Crippen LogP contribution in [0, 0.1) is 25.7 Å². The molecule has 0 atom stereocenters. The molecule has 3 heterocycles. The van der Waals surface area contributed by atoms with E-state index in [1.165, 1.54) is 12.3 Å². The first-order chi connectivity index (χ1) is 36.2. The van der Waals surface area contributed by atoms with Crippen LogP contribution in [0.5, 0.6) is 11.5 Å². The minimum Gasteiger partial charge on any atom is -0.509 e. The van der Waals surface area contributed by atoms with E-state index in [1.807, 2.05) is 118 Å². The van der Waals surface area contributed by atoms with Crippen LogP contribution >= 0.6 is 0 Å². The first-order valence-electron chi connectivity index (χ1n) is 26.8. The average Bonchev–Trinajstić information content (AvgIpc) is 4.01. The number of fused-ring (bicyclic) bond motifs is 4. The topological polar surface area (TPSA) is 33.5 Å². The molecule has 11 rings (SSSR count). The van der Waals surface area contributed by atoms with E-state index >= 15 is 0 Å². The molecule has 0 N–H and O–H groups in total. The van der Waals surface area contributed by atoms with Gasteiger partial charge in [-0.3, -0.25) is 0 Å². The Balaban J connectivity index is 0.00000672. The van der Waals surface area contributed by atoms with E-state index in [0.717, 1.165) is 61.0 Å². The van der Waals surface area contributed by atoms with Gasteiger partial charge in [-0.05, 0) is 92.3 Å². The van der Waals surface area contributed by atoms with Gasteiger partial charge in [-0.1, -0.05) is 168 Å². The third kappa shape index (κ3) is 8.66. The Kier molecular flexibility index (Phi) is 9.62. The fourth-order valence-corrected chi connectivity index (χ4v) is 9.08. The Labute approximate surface area is 432 Å². The van der Waals surface area contributed by atoms with E-state index in [9.17, 15) is 2.74 Å². The van der Waals surface area contributed by atoms with Gasteiger partial charge < -0.3 is 19.1 Å². The second-order valence-electron chi connectivity index (χ2n) is 19.3. The van der Waals surface area contributed by atoms with Gasteiger partial charge in [0.25, 0.3) is 0 Å². The molecule has 344 valence electrons. The van der Waals surface area contributed by atoms with Gasteiger partial charge in [0.1, 0.15) is 5.82 Å². The molecule has 0 spiro atoms. The van der Waals surface area contributed by atoms with Gasteiger partial charge >= 0.3 is 0 Å². The van der Waals surface area contributed by atoms with E-state index in [4.69, 9.17) is 13.0 Å². The van der Waals surface area contributed by atoms with E-state index in [1.54, 1.807) is 6.07 Å². The molecular weight excluding hydrogens is 1020 g/mol. The van der Waals surface area contributed by atoms with Gasteiger partial charge in [-0.15, -0.1) is 48.1 Å². The van der Waals surface area contributed by atoms with E-state index in [-0.39, 0.29) is 55.1 Å². The fourth-order valence-electron chi connectivity index (χ4n) is 9.08. The normalized spacial score (nSPS) is 14.5. The number of pyridine rings is 1. The maximum absolute atomic E-state index is 9.22. The van der Waals surface area contributed by atoms with Crippen molar-refractivity contribution in [1.82, 2.24) is 9.55 Å². The molecule has 0 amide bonds. The van der Waals surface area contributed by atoms with Crippen LogP contribution in [0.3, 0.4) is 0 Å². The van der Waals surface area contributed by atoms with Crippen molar-refractivity contribution < 1.29 is 36.8 Å². The zero-order valence-corrected chi connectivity index (χ0v) is 41.4. The molecule has 0 radical (unpaired) electrons. The monoisotopic (exact) mass is 1080 g/mol. The van der Waals surface area contributed by atoms with Crippen molar-refractivity contribution in [3.05, 3.63) is 224 Å². The molecule has 2 aromatic heterocycles. The van der Waals surface area contributed by atoms with Crippen molar-refractivity contribution in [3.8, 4) is 50.7 Å². The summed E-state index contributed by atoms with van der Waals surface area (Å²) in [5.74, 6) is 1.24. The van der Waals surface area contributed by atoms with Crippen molar-refractivity contribution in [2.45, 2.75) is 59.2 Å². The molecule has 0 unspecified atom stereocenters. The molecule has 0 saturated carbocycles. The number of anilines is 4. The zero-order chi connectivity index (χ0) is 53.6.